The zero-order chi connectivity index (χ0) is 30.7. The van der Waals surface area contributed by atoms with Gasteiger partial charge in [0.05, 0.1) is 22.5 Å². The minimum absolute atomic E-state index is 0.241. The third kappa shape index (κ3) is 7.22. The molecule has 0 atom stereocenters. The Morgan fingerprint density at radius 3 is 2.02 bits per heavy atom. The van der Waals surface area contributed by atoms with Crippen LogP contribution in [0.1, 0.15) is 41.3 Å². The minimum Gasteiger partial charge on any atom is -0.440 e. The molecule has 5 rings (SSSR count). The number of rotatable bonds is 12. The zero-order valence-corrected chi connectivity index (χ0v) is 24.3. The van der Waals surface area contributed by atoms with Crippen molar-refractivity contribution in [2.75, 3.05) is 6.79 Å². The molecule has 0 N–H and O–H groups in total. The predicted molar refractivity (Wildman–Crippen MR) is 168 cm³/mol. The molecule has 0 fully saturated rings. The van der Waals surface area contributed by atoms with Crippen LogP contribution in [0, 0.1) is 0 Å². The Balaban J connectivity index is 1.46. The number of ether oxygens (including phenoxy) is 3. The fraction of sp³-hybridized carbons (Fsp3) is 0.139. The molecule has 8 heteroatoms. The van der Waals surface area contributed by atoms with Crippen LogP contribution in [-0.4, -0.2) is 28.1 Å². The number of benzene rings is 4. The third-order valence-corrected chi connectivity index (χ3v) is 6.79. The van der Waals surface area contributed by atoms with E-state index in [9.17, 15) is 14.4 Å². The number of para-hydroxylation sites is 1. The van der Waals surface area contributed by atoms with Gasteiger partial charge in [0.15, 0.2) is 0 Å². The number of carbonyl (C=O) groups is 2. The normalized spacial score (nSPS) is 10.9. The number of unbranched alkanes of at least 4 members (excludes halogenated alkanes) is 1. The van der Waals surface area contributed by atoms with E-state index in [4.69, 9.17) is 14.2 Å². The highest BCUT2D eigenvalue weighted by Gasteiger charge is 2.24. The molecule has 4 aromatic carbocycles. The number of nitrogens with zero attached hydrogens (tertiary/aromatic N) is 2. The summed E-state index contributed by atoms with van der Waals surface area (Å²) in [4.78, 5) is 38.9. The second kappa shape index (κ2) is 14.5. The van der Waals surface area contributed by atoms with Crippen LogP contribution >= 0.6 is 0 Å². The number of esters is 2. The molecular formula is C36H32N2O6. The summed E-state index contributed by atoms with van der Waals surface area (Å²) in [6.45, 7) is 1.64. The second-order valence-corrected chi connectivity index (χ2v) is 9.87. The third-order valence-electron chi connectivity index (χ3n) is 6.79. The molecule has 0 unspecified atom stereocenters. The topological polar surface area (TPSA) is 88.8 Å². The maximum Gasteiger partial charge on any atom is 0.343 e. The van der Waals surface area contributed by atoms with E-state index in [0.717, 1.165) is 18.4 Å². The molecule has 222 valence electrons. The summed E-state index contributed by atoms with van der Waals surface area (Å²) in [6, 6.07) is 34.1. The van der Waals surface area contributed by atoms with Gasteiger partial charge in [0.1, 0.15) is 5.75 Å². The van der Waals surface area contributed by atoms with E-state index in [0.29, 0.717) is 34.7 Å². The van der Waals surface area contributed by atoms with Crippen molar-refractivity contribution >= 4 is 18.0 Å². The Morgan fingerprint density at radius 1 is 0.750 bits per heavy atom. The van der Waals surface area contributed by atoms with Crippen molar-refractivity contribution in [3.05, 3.63) is 148 Å². The first-order chi connectivity index (χ1) is 21.5. The van der Waals surface area contributed by atoms with Crippen LogP contribution in [0.5, 0.6) is 11.6 Å². The van der Waals surface area contributed by atoms with Gasteiger partial charge in [0.2, 0.25) is 12.7 Å². The molecule has 1 aromatic heterocycles. The molecule has 0 saturated carbocycles. The smallest absolute Gasteiger partial charge is 0.343 e. The summed E-state index contributed by atoms with van der Waals surface area (Å²) in [5.41, 5.74) is 2.73. The van der Waals surface area contributed by atoms with Crippen LogP contribution in [0.3, 0.4) is 0 Å². The fourth-order valence-electron chi connectivity index (χ4n) is 4.59. The highest BCUT2D eigenvalue weighted by atomic mass is 16.7. The van der Waals surface area contributed by atoms with Gasteiger partial charge >= 0.3 is 11.9 Å². The van der Waals surface area contributed by atoms with E-state index in [1.807, 2.05) is 73.7 Å². The lowest BCUT2D eigenvalue weighted by atomic mass is 10.1. The zero-order valence-electron chi connectivity index (χ0n) is 24.3. The summed E-state index contributed by atoms with van der Waals surface area (Å²) in [7, 11) is 0. The lowest BCUT2D eigenvalue weighted by Crippen LogP contribution is -2.21. The molecule has 1 heterocycles. The molecule has 0 saturated heterocycles. The van der Waals surface area contributed by atoms with Crippen LogP contribution in [0.4, 0.5) is 0 Å². The quantitative estimate of drug-likeness (QED) is 0.0691. The molecule has 0 bridgehead atoms. The summed E-state index contributed by atoms with van der Waals surface area (Å²) >= 11 is 0. The molecular weight excluding hydrogens is 556 g/mol. The Hall–Kier alpha value is -5.63. The molecule has 0 amide bonds. The number of hydrogen-bond donors (Lipinski definition) is 0. The Labute approximate surface area is 255 Å². The Morgan fingerprint density at radius 2 is 1.36 bits per heavy atom. The lowest BCUT2D eigenvalue weighted by Gasteiger charge is -2.16. The Kier molecular flexibility index (Phi) is 9.84. The van der Waals surface area contributed by atoms with Gasteiger partial charge in [-0.2, -0.15) is 0 Å². The summed E-state index contributed by atoms with van der Waals surface area (Å²) in [5.74, 6) is -0.447. The van der Waals surface area contributed by atoms with Crippen molar-refractivity contribution in [2.45, 2.75) is 26.2 Å². The largest absolute Gasteiger partial charge is 0.440 e. The van der Waals surface area contributed by atoms with Crippen LogP contribution in [0.15, 0.2) is 126 Å². The fourth-order valence-corrected chi connectivity index (χ4v) is 4.59. The summed E-state index contributed by atoms with van der Waals surface area (Å²) in [5, 5.41) is 0. The van der Waals surface area contributed by atoms with E-state index in [2.05, 4.69) is 0 Å². The molecule has 8 nitrogen and oxygen atoms in total. The summed E-state index contributed by atoms with van der Waals surface area (Å²) < 4.78 is 20.1. The van der Waals surface area contributed by atoms with Gasteiger partial charge in [-0.05, 0) is 73.0 Å². The maximum absolute atomic E-state index is 13.9. The second-order valence-electron chi connectivity index (χ2n) is 9.87. The van der Waals surface area contributed by atoms with E-state index in [1.165, 1.54) is 10.8 Å². The van der Waals surface area contributed by atoms with E-state index >= 15 is 0 Å². The lowest BCUT2D eigenvalue weighted by molar-refractivity contribution is -0.144. The van der Waals surface area contributed by atoms with Crippen molar-refractivity contribution in [3.8, 4) is 23.0 Å². The van der Waals surface area contributed by atoms with Gasteiger partial charge in [-0.15, -0.1) is 0 Å². The van der Waals surface area contributed by atoms with Gasteiger partial charge in [-0.25, -0.2) is 19.0 Å². The van der Waals surface area contributed by atoms with Crippen LogP contribution in [-0.2, 0) is 16.0 Å². The van der Waals surface area contributed by atoms with Crippen molar-refractivity contribution < 1.29 is 23.8 Å². The predicted octanol–water partition coefficient (Wildman–Crippen LogP) is 6.78. The SMILES string of the molecule is CCCCc1c(OCOC(=O)C=Cc2ccccc2)n(-c2ccc(OC(=O)c3ccccc3)cc2)n(-c2ccccc2)c1=O. The number of carbonyl (C=O) groups excluding carboxylic acids is 2. The van der Waals surface area contributed by atoms with Gasteiger partial charge in [-0.3, -0.25) is 4.79 Å². The average molecular weight is 589 g/mol. The number of hydrogen-bond acceptors (Lipinski definition) is 6. The maximum atomic E-state index is 13.9. The average Bonchev–Trinajstić information content (AvgIpc) is 3.34. The molecule has 0 aliphatic rings. The van der Waals surface area contributed by atoms with Gasteiger partial charge in [-0.1, -0.05) is 80.1 Å². The standard InChI is InChI=1S/C36H32N2O6/c1-2-3-19-32-34(40)37(29-17-11-6-12-18-29)38(35(32)43-26-42-33(39)25-20-27-13-7-4-8-14-27)30-21-23-31(24-22-30)44-36(41)28-15-9-5-10-16-28/h4-18,20-25H,2-3,19,26H2,1H3. The van der Waals surface area contributed by atoms with Crippen LogP contribution in [0.2, 0.25) is 0 Å². The molecule has 0 radical (unpaired) electrons. The highest BCUT2D eigenvalue weighted by molar-refractivity contribution is 5.91. The first kappa shape index (κ1) is 29.8. The van der Waals surface area contributed by atoms with Crippen molar-refractivity contribution in [1.29, 1.82) is 0 Å². The number of aromatic nitrogens is 2. The highest BCUT2D eigenvalue weighted by Crippen LogP contribution is 2.27. The van der Waals surface area contributed by atoms with E-state index in [1.54, 1.807) is 59.3 Å². The first-order valence-electron chi connectivity index (χ1n) is 14.4. The minimum atomic E-state index is -0.579. The molecule has 44 heavy (non-hydrogen) atoms. The van der Waals surface area contributed by atoms with Crippen molar-refractivity contribution in [2.24, 2.45) is 0 Å². The monoisotopic (exact) mass is 588 g/mol. The van der Waals surface area contributed by atoms with Crippen LogP contribution < -0.4 is 15.0 Å². The van der Waals surface area contributed by atoms with Gasteiger partial charge < -0.3 is 14.2 Å². The molecule has 5 aromatic rings. The summed E-state index contributed by atoms with van der Waals surface area (Å²) in [6.07, 6.45) is 5.09. The van der Waals surface area contributed by atoms with Crippen molar-refractivity contribution in [3.63, 3.8) is 0 Å². The Bertz CT molecular complexity index is 1770. The van der Waals surface area contributed by atoms with Gasteiger partial charge in [0, 0.05) is 6.08 Å². The van der Waals surface area contributed by atoms with Gasteiger partial charge in [0.25, 0.3) is 5.56 Å². The molecule has 0 aliphatic carbocycles. The first-order valence-corrected chi connectivity index (χ1v) is 14.4. The van der Waals surface area contributed by atoms with E-state index < -0.39 is 18.7 Å². The van der Waals surface area contributed by atoms with Crippen molar-refractivity contribution in [1.82, 2.24) is 9.36 Å². The molecule has 0 aliphatic heterocycles. The molecule has 0 spiro atoms. The van der Waals surface area contributed by atoms with Crippen LogP contribution in [0.25, 0.3) is 17.5 Å². The van der Waals surface area contributed by atoms with E-state index in [-0.39, 0.29) is 11.4 Å².